The van der Waals surface area contributed by atoms with E-state index in [-0.39, 0.29) is 0 Å². The highest BCUT2D eigenvalue weighted by atomic mass is 19.4. The smallest absolute Gasteiger partial charge is 0.489 e. The lowest BCUT2D eigenvalue weighted by atomic mass is 10.0. The lowest BCUT2D eigenvalue weighted by Crippen LogP contribution is -2.34. The van der Waals surface area contributed by atoms with E-state index >= 15 is 0 Å². The van der Waals surface area contributed by atoms with Crippen LogP contribution in [0.2, 0.25) is 0 Å². The first kappa shape index (κ1) is 33.4. The normalized spacial score (nSPS) is 14.4. The minimum atomic E-state index is -5.08. The fourth-order valence-electron chi connectivity index (χ4n) is 3.13. The van der Waals surface area contributed by atoms with E-state index in [4.69, 9.17) is 30.3 Å². The fraction of sp³-hybridized carbons (Fsp3) is 0.478. The van der Waals surface area contributed by atoms with Crippen LogP contribution in [-0.4, -0.2) is 74.1 Å². The van der Waals surface area contributed by atoms with Crippen molar-refractivity contribution in [2.45, 2.75) is 51.2 Å². The zero-order chi connectivity index (χ0) is 29.8. The van der Waals surface area contributed by atoms with E-state index in [0.29, 0.717) is 19.2 Å². The van der Waals surface area contributed by atoms with Crippen molar-refractivity contribution in [2.24, 2.45) is 5.73 Å². The minimum absolute atomic E-state index is 0.425. The van der Waals surface area contributed by atoms with Crippen molar-refractivity contribution < 1.29 is 50.9 Å². The van der Waals surface area contributed by atoms with Crippen molar-refractivity contribution >= 4 is 11.9 Å². The van der Waals surface area contributed by atoms with Gasteiger partial charge in [0, 0.05) is 26.2 Å². The van der Waals surface area contributed by atoms with Gasteiger partial charge in [0.2, 0.25) is 0 Å². The summed E-state index contributed by atoms with van der Waals surface area (Å²) >= 11 is 0. The fourth-order valence-corrected chi connectivity index (χ4v) is 3.13. The molecule has 39 heavy (non-hydrogen) atoms. The Morgan fingerprint density at radius 3 is 2.08 bits per heavy atom. The van der Waals surface area contributed by atoms with E-state index in [0.717, 1.165) is 49.5 Å². The number of nitrogens with two attached hydrogens (primary N) is 1. The molecule has 1 aliphatic heterocycles. The standard InChI is InChI=1S/C19H27N5O.2C2HF3O2/c1-15(2)14-25-19-5-3-4-16(10-19)12-23-8-6-18(7-9-23)24-13-17(11-20)21-22-24;2*3-2(4,5)1(6)7/h3-5,10,13,18H,1,6-9,11-12,14,20H2,2H3;2*(H,6,7). The third kappa shape index (κ3) is 13.1. The number of likely N-dealkylation sites (tertiary alicyclic amines) is 1. The predicted molar refractivity (Wildman–Crippen MR) is 126 cm³/mol. The first-order valence-electron chi connectivity index (χ1n) is 11.3. The summed E-state index contributed by atoms with van der Waals surface area (Å²) in [6.07, 6.45) is -6.03. The Bertz CT molecular complexity index is 1060. The van der Waals surface area contributed by atoms with Gasteiger partial charge in [-0.25, -0.2) is 14.3 Å². The number of nitrogens with zero attached hydrogens (tertiary/aromatic N) is 4. The molecule has 0 amide bonds. The third-order valence-corrected chi connectivity index (χ3v) is 4.97. The quantitative estimate of drug-likeness (QED) is 0.335. The highest BCUT2D eigenvalue weighted by Crippen LogP contribution is 2.24. The van der Waals surface area contributed by atoms with Crippen LogP contribution in [0.25, 0.3) is 0 Å². The molecule has 1 aromatic carbocycles. The molecule has 1 fully saturated rings. The summed E-state index contributed by atoms with van der Waals surface area (Å²) < 4.78 is 71.2. The van der Waals surface area contributed by atoms with Crippen LogP contribution < -0.4 is 10.5 Å². The number of hydrogen-bond donors (Lipinski definition) is 3. The summed E-state index contributed by atoms with van der Waals surface area (Å²) in [5.41, 5.74) is 8.77. The number of aliphatic carboxylic acids is 2. The summed E-state index contributed by atoms with van der Waals surface area (Å²) in [6, 6.07) is 8.76. The second-order valence-electron chi connectivity index (χ2n) is 8.40. The van der Waals surface area contributed by atoms with Crippen LogP contribution in [0.3, 0.4) is 0 Å². The number of hydrogen-bond acceptors (Lipinski definition) is 7. The van der Waals surface area contributed by atoms with Crippen molar-refractivity contribution in [1.82, 2.24) is 19.9 Å². The molecular weight excluding hydrogens is 540 g/mol. The van der Waals surface area contributed by atoms with Gasteiger partial charge in [0.1, 0.15) is 12.4 Å². The molecule has 0 aliphatic carbocycles. The molecule has 16 heteroatoms. The van der Waals surface area contributed by atoms with Crippen molar-refractivity contribution in [1.29, 1.82) is 0 Å². The van der Waals surface area contributed by atoms with Gasteiger partial charge >= 0.3 is 24.3 Å². The molecule has 218 valence electrons. The number of alkyl halides is 6. The average molecular weight is 570 g/mol. The molecule has 0 spiro atoms. The van der Waals surface area contributed by atoms with Gasteiger partial charge in [-0.05, 0) is 43.0 Å². The van der Waals surface area contributed by atoms with Crippen LogP contribution >= 0.6 is 0 Å². The van der Waals surface area contributed by atoms with Gasteiger partial charge in [-0.2, -0.15) is 26.3 Å². The Hall–Kier alpha value is -3.66. The number of rotatable bonds is 7. The van der Waals surface area contributed by atoms with Crippen LogP contribution in [0.15, 0.2) is 42.6 Å². The van der Waals surface area contributed by atoms with Crippen LogP contribution in [0.4, 0.5) is 26.3 Å². The highest BCUT2D eigenvalue weighted by molar-refractivity contribution is 5.73. The molecule has 4 N–H and O–H groups in total. The monoisotopic (exact) mass is 569 g/mol. The maximum absolute atomic E-state index is 10.6. The number of benzene rings is 1. The van der Waals surface area contributed by atoms with E-state index in [2.05, 4.69) is 40.0 Å². The predicted octanol–water partition coefficient (Wildman–Crippen LogP) is 3.80. The van der Waals surface area contributed by atoms with Crippen LogP contribution in [0.5, 0.6) is 5.75 Å². The molecule has 0 bridgehead atoms. The number of carboxylic acids is 2. The average Bonchev–Trinajstić information content (AvgIpc) is 3.32. The SMILES string of the molecule is C=C(C)COc1cccc(CN2CCC(n3cc(CN)nn3)CC2)c1.O=C(O)C(F)(F)F.O=C(O)C(F)(F)F. The Kier molecular flexibility index (Phi) is 12.9. The summed E-state index contributed by atoms with van der Waals surface area (Å²) in [5.74, 6) is -4.60. The number of halogens is 6. The molecule has 0 saturated carbocycles. The van der Waals surface area contributed by atoms with E-state index in [9.17, 15) is 26.3 Å². The molecule has 1 aromatic heterocycles. The molecular formula is C23H29F6N5O5. The second-order valence-corrected chi connectivity index (χ2v) is 8.40. The molecule has 2 heterocycles. The topological polar surface area (TPSA) is 144 Å². The third-order valence-electron chi connectivity index (χ3n) is 4.97. The van der Waals surface area contributed by atoms with Gasteiger partial charge in [-0.1, -0.05) is 23.9 Å². The van der Waals surface area contributed by atoms with E-state index in [1.54, 1.807) is 0 Å². The summed E-state index contributed by atoms with van der Waals surface area (Å²) in [4.78, 5) is 20.3. The summed E-state index contributed by atoms with van der Waals surface area (Å²) in [6.45, 7) is 9.92. The van der Waals surface area contributed by atoms with Gasteiger partial charge in [-0.3, -0.25) is 4.90 Å². The first-order valence-corrected chi connectivity index (χ1v) is 11.3. The Labute approximate surface area is 219 Å². The molecule has 1 aliphatic rings. The van der Waals surface area contributed by atoms with Gasteiger partial charge in [0.05, 0.1) is 17.9 Å². The van der Waals surface area contributed by atoms with Crippen molar-refractivity contribution in [2.75, 3.05) is 19.7 Å². The van der Waals surface area contributed by atoms with Gasteiger partial charge in [0.15, 0.2) is 0 Å². The molecule has 0 unspecified atom stereocenters. The number of ether oxygens (including phenoxy) is 1. The Balaban J connectivity index is 0.000000449. The lowest BCUT2D eigenvalue weighted by molar-refractivity contribution is -0.193. The Morgan fingerprint density at radius 1 is 1.10 bits per heavy atom. The molecule has 1 saturated heterocycles. The summed E-state index contributed by atoms with van der Waals surface area (Å²) in [7, 11) is 0. The van der Waals surface area contributed by atoms with Gasteiger partial charge in [0.25, 0.3) is 0 Å². The zero-order valence-electron chi connectivity index (χ0n) is 20.9. The number of aromatic nitrogens is 3. The van der Waals surface area contributed by atoms with E-state index in [1.165, 1.54) is 5.56 Å². The van der Waals surface area contributed by atoms with Crippen LogP contribution in [-0.2, 0) is 22.7 Å². The first-order chi connectivity index (χ1) is 18.0. The van der Waals surface area contributed by atoms with Gasteiger partial charge < -0.3 is 20.7 Å². The molecule has 0 atom stereocenters. The molecule has 2 aromatic rings. The maximum atomic E-state index is 10.6. The number of piperidine rings is 1. The Morgan fingerprint density at radius 2 is 1.64 bits per heavy atom. The number of carboxylic acid groups (broad SMARTS) is 2. The lowest BCUT2D eigenvalue weighted by Gasteiger charge is -2.31. The van der Waals surface area contributed by atoms with Crippen molar-refractivity contribution in [3.63, 3.8) is 0 Å². The second kappa shape index (κ2) is 15.1. The van der Waals surface area contributed by atoms with Crippen molar-refractivity contribution in [3.8, 4) is 5.75 Å². The maximum Gasteiger partial charge on any atom is 0.490 e. The van der Waals surface area contributed by atoms with Crippen LogP contribution in [0.1, 0.15) is 37.1 Å². The van der Waals surface area contributed by atoms with E-state index < -0.39 is 24.3 Å². The van der Waals surface area contributed by atoms with Crippen LogP contribution in [0, 0.1) is 0 Å². The van der Waals surface area contributed by atoms with Gasteiger partial charge in [-0.15, -0.1) is 5.10 Å². The summed E-state index contributed by atoms with van der Waals surface area (Å²) in [5, 5.41) is 22.6. The number of carbonyl (C=O) groups is 2. The molecule has 10 nitrogen and oxygen atoms in total. The molecule has 0 radical (unpaired) electrons. The largest absolute Gasteiger partial charge is 0.490 e. The highest BCUT2D eigenvalue weighted by Gasteiger charge is 2.38. The zero-order valence-corrected chi connectivity index (χ0v) is 20.9. The van der Waals surface area contributed by atoms with Crippen molar-refractivity contribution in [3.05, 3.63) is 53.9 Å². The van der Waals surface area contributed by atoms with E-state index in [1.807, 2.05) is 23.9 Å². The molecule has 3 rings (SSSR count). The minimum Gasteiger partial charge on any atom is -0.489 e.